The first kappa shape index (κ1) is 13.2. The standard InChI is InChI=1S/C15H18N3O/c1-14-3-9-17(10-4-14)7-2-8-18-11-5-15(6-12-18)13-16-19/h3-6,9-13H,2,7-8H2,1H3/q+1/p+1. The highest BCUT2D eigenvalue weighted by atomic mass is 16.4. The first-order valence-corrected chi connectivity index (χ1v) is 6.40. The second-order valence-corrected chi connectivity index (χ2v) is 4.58. The molecule has 0 aliphatic carbocycles. The van der Waals surface area contributed by atoms with Crippen molar-refractivity contribution in [2.45, 2.75) is 26.4 Å². The molecule has 0 bridgehead atoms. The van der Waals surface area contributed by atoms with Gasteiger partial charge in [0.15, 0.2) is 37.9 Å². The molecule has 0 unspecified atom stereocenters. The summed E-state index contributed by atoms with van der Waals surface area (Å²) in [6.45, 7) is 4.07. The van der Waals surface area contributed by atoms with Gasteiger partial charge in [0.25, 0.3) is 0 Å². The Bertz CT molecular complexity index is 532. The third kappa shape index (κ3) is 4.17. The molecular weight excluding hydrogens is 238 g/mol. The topological polar surface area (TPSA) is 40.3 Å². The van der Waals surface area contributed by atoms with Gasteiger partial charge in [-0.25, -0.2) is 9.13 Å². The van der Waals surface area contributed by atoms with Crippen molar-refractivity contribution in [3.63, 3.8) is 0 Å². The van der Waals surface area contributed by atoms with Gasteiger partial charge in [-0.2, -0.15) is 0 Å². The van der Waals surface area contributed by atoms with E-state index in [9.17, 15) is 0 Å². The number of hydrogen-bond donors (Lipinski definition) is 1. The first-order valence-electron chi connectivity index (χ1n) is 6.40. The lowest BCUT2D eigenvalue weighted by Gasteiger charge is -1.97. The molecular formula is C15H19N3O+2. The zero-order chi connectivity index (χ0) is 13.5. The molecule has 0 saturated carbocycles. The minimum Gasteiger partial charge on any atom is -0.411 e. The maximum atomic E-state index is 8.44. The van der Waals surface area contributed by atoms with Crippen molar-refractivity contribution < 1.29 is 14.3 Å². The average molecular weight is 257 g/mol. The normalized spacial score (nSPS) is 11.0. The van der Waals surface area contributed by atoms with Crippen molar-refractivity contribution in [1.82, 2.24) is 0 Å². The Kier molecular flexibility index (Phi) is 4.61. The molecule has 0 aromatic carbocycles. The summed E-state index contributed by atoms with van der Waals surface area (Å²) in [6.07, 6.45) is 10.7. The Labute approximate surface area is 113 Å². The minimum absolute atomic E-state index is 0.895. The summed E-state index contributed by atoms with van der Waals surface area (Å²) in [6, 6.07) is 8.10. The van der Waals surface area contributed by atoms with Crippen LogP contribution in [0.15, 0.2) is 54.2 Å². The van der Waals surface area contributed by atoms with Gasteiger partial charge in [0, 0.05) is 29.8 Å². The molecule has 2 heterocycles. The van der Waals surface area contributed by atoms with Crippen LogP contribution < -0.4 is 9.13 Å². The lowest BCUT2D eigenvalue weighted by atomic mass is 10.3. The smallest absolute Gasteiger partial charge is 0.169 e. The van der Waals surface area contributed by atoms with E-state index in [4.69, 9.17) is 5.21 Å². The van der Waals surface area contributed by atoms with Gasteiger partial charge in [-0.3, -0.25) is 0 Å². The number of nitrogens with zero attached hydrogens (tertiary/aromatic N) is 3. The fourth-order valence-electron chi connectivity index (χ4n) is 1.89. The van der Waals surface area contributed by atoms with Gasteiger partial charge < -0.3 is 5.21 Å². The average Bonchev–Trinajstić information content (AvgIpc) is 2.43. The van der Waals surface area contributed by atoms with E-state index < -0.39 is 0 Å². The highest BCUT2D eigenvalue weighted by Gasteiger charge is 2.04. The van der Waals surface area contributed by atoms with Gasteiger partial charge in [0.05, 0.1) is 12.6 Å². The summed E-state index contributed by atoms with van der Waals surface area (Å²) < 4.78 is 4.32. The van der Waals surface area contributed by atoms with Crippen LogP contribution in [0.2, 0.25) is 0 Å². The molecule has 0 aliphatic heterocycles. The summed E-state index contributed by atoms with van der Waals surface area (Å²) in [4.78, 5) is 0. The van der Waals surface area contributed by atoms with E-state index >= 15 is 0 Å². The Balaban J connectivity index is 1.83. The molecule has 19 heavy (non-hydrogen) atoms. The number of aryl methyl sites for hydroxylation is 3. The van der Waals surface area contributed by atoms with Crippen molar-refractivity contribution in [1.29, 1.82) is 0 Å². The number of oxime groups is 1. The third-order valence-corrected chi connectivity index (χ3v) is 3.01. The maximum Gasteiger partial charge on any atom is 0.169 e. The molecule has 1 N–H and O–H groups in total. The molecule has 0 spiro atoms. The van der Waals surface area contributed by atoms with Crippen LogP contribution in [0.4, 0.5) is 0 Å². The number of rotatable bonds is 5. The molecule has 0 amide bonds. The van der Waals surface area contributed by atoms with Crippen LogP contribution in [0.5, 0.6) is 0 Å². The van der Waals surface area contributed by atoms with Crippen LogP contribution in [0, 0.1) is 6.92 Å². The van der Waals surface area contributed by atoms with Crippen molar-refractivity contribution in [3.8, 4) is 0 Å². The summed E-state index contributed by atoms with van der Waals surface area (Å²) in [5.74, 6) is 0. The van der Waals surface area contributed by atoms with Crippen LogP contribution >= 0.6 is 0 Å². The molecule has 0 fully saturated rings. The molecule has 2 aromatic rings. The largest absolute Gasteiger partial charge is 0.411 e. The van der Waals surface area contributed by atoms with Crippen molar-refractivity contribution in [2.75, 3.05) is 0 Å². The molecule has 4 nitrogen and oxygen atoms in total. The van der Waals surface area contributed by atoms with Crippen LogP contribution in [0.25, 0.3) is 0 Å². The zero-order valence-corrected chi connectivity index (χ0v) is 11.1. The Morgan fingerprint density at radius 2 is 1.53 bits per heavy atom. The number of hydrogen-bond acceptors (Lipinski definition) is 2. The number of pyridine rings is 2. The second kappa shape index (κ2) is 6.64. The molecule has 0 aliphatic rings. The maximum absolute atomic E-state index is 8.44. The summed E-state index contributed by atoms with van der Waals surface area (Å²) >= 11 is 0. The Morgan fingerprint density at radius 1 is 1.00 bits per heavy atom. The monoisotopic (exact) mass is 257 g/mol. The highest BCUT2D eigenvalue weighted by molar-refractivity contribution is 5.78. The number of aromatic nitrogens is 2. The fourth-order valence-corrected chi connectivity index (χ4v) is 1.89. The predicted octanol–water partition coefficient (Wildman–Crippen LogP) is 1.47. The quantitative estimate of drug-likeness (QED) is 0.375. The second-order valence-electron chi connectivity index (χ2n) is 4.58. The molecule has 0 atom stereocenters. The fraction of sp³-hybridized carbons (Fsp3) is 0.267. The van der Waals surface area contributed by atoms with Gasteiger partial charge in [0.2, 0.25) is 0 Å². The van der Waals surface area contributed by atoms with E-state index in [0.717, 1.165) is 25.1 Å². The highest BCUT2D eigenvalue weighted by Crippen LogP contribution is 1.92. The van der Waals surface area contributed by atoms with Gasteiger partial charge in [-0.05, 0) is 12.5 Å². The van der Waals surface area contributed by atoms with E-state index in [-0.39, 0.29) is 0 Å². The first-order chi connectivity index (χ1) is 9.28. The molecule has 2 aromatic heterocycles. The van der Waals surface area contributed by atoms with Gasteiger partial charge >= 0.3 is 0 Å². The molecule has 98 valence electrons. The van der Waals surface area contributed by atoms with Gasteiger partial charge in [0.1, 0.15) is 0 Å². The zero-order valence-electron chi connectivity index (χ0n) is 11.1. The van der Waals surface area contributed by atoms with Crippen LogP contribution in [-0.2, 0) is 13.1 Å². The molecule has 0 radical (unpaired) electrons. The van der Waals surface area contributed by atoms with Crippen molar-refractivity contribution in [3.05, 3.63) is 60.2 Å². The van der Waals surface area contributed by atoms with E-state index in [0.29, 0.717) is 0 Å². The lowest BCUT2D eigenvalue weighted by molar-refractivity contribution is -0.726. The van der Waals surface area contributed by atoms with Gasteiger partial charge in [-0.1, -0.05) is 5.16 Å². The van der Waals surface area contributed by atoms with Crippen molar-refractivity contribution >= 4 is 6.21 Å². The minimum atomic E-state index is 0.895. The third-order valence-electron chi connectivity index (χ3n) is 3.01. The van der Waals surface area contributed by atoms with E-state index in [2.05, 4.69) is 45.7 Å². The van der Waals surface area contributed by atoms with Crippen LogP contribution in [0.3, 0.4) is 0 Å². The van der Waals surface area contributed by atoms with E-state index in [1.165, 1.54) is 11.8 Å². The molecule has 4 heteroatoms. The van der Waals surface area contributed by atoms with Crippen LogP contribution in [0.1, 0.15) is 17.5 Å². The van der Waals surface area contributed by atoms with E-state index in [1.54, 1.807) is 0 Å². The van der Waals surface area contributed by atoms with Crippen molar-refractivity contribution in [2.24, 2.45) is 5.16 Å². The van der Waals surface area contributed by atoms with Crippen LogP contribution in [-0.4, -0.2) is 11.4 Å². The summed E-state index contributed by atoms with van der Waals surface area (Å²) in [7, 11) is 0. The lowest BCUT2D eigenvalue weighted by Crippen LogP contribution is -2.38. The molecule has 0 saturated heterocycles. The Hall–Kier alpha value is -2.23. The SMILES string of the molecule is Cc1cc[n+](CCC[n+]2ccc(C=NO)cc2)cc1. The Morgan fingerprint density at radius 3 is 2.05 bits per heavy atom. The summed E-state index contributed by atoms with van der Waals surface area (Å²) in [5.41, 5.74) is 2.18. The molecule has 2 rings (SSSR count). The predicted molar refractivity (Wildman–Crippen MR) is 72.0 cm³/mol. The summed E-state index contributed by atoms with van der Waals surface area (Å²) in [5, 5.41) is 11.4. The van der Waals surface area contributed by atoms with Gasteiger partial charge in [-0.15, -0.1) is 0 Å². The van der Waals surface area contributed by atoms with E-state index in [1.807, 2.05) is 24.5 Å².